The number of nitrogens with zero attached hydrogens (tertiary/aromatic N) is 4. The summed E-state index contributed by atoms with van der Waals surface area (Å²) in [5, 5.41) is 7.60. The second-order valence-corrected chi connectivity index (χ2v) is 6.64. The predicted molar refractivity (Wildman–Crippen MR) is 106 cm³/mol. The monoisotopic (exact) mass is 389 g/mol. The molecule has 1 unspecified atom stereocenters. The Hall–Kier alpha value is -2.61. The average molecular weight is 389 g/mol. The van der Waals surface area contributed by atoms with Crippen molar-refractivity contribution in [2.75, 3.05) is 39.4 Å². The largest absolute Gasteiger partial charge is 0.494 e. The molecule has 1 fully saturated rings. The molecule has 1 N–H and O–H groups in total. The molecule has 1 saturated heterocycles. The molecule has 1 atom stereocenters. The Morgan fingerprint density at radius 2 is 2.21 bits per heavy atom. The van der Waals surface area contributed by atoms with Crippen LogP contribution < -0.4 is 10.1 Å². The highest BCUT2D eigenvalue weighted by Gasteiger charge is 2.25. The number of rotatable bonds is 7. The number of morpholine rings is 1. The van der Waals surface area contributed by atoms with Gasteiger partial charge in [0.25, 0.3) is 0 Å². The standard InChI is InChI=1S/C20H28FN5O2/c1-3-22-20(23-9-4-11-27-18-7-5-17(21)6-8-18)26-10-12-28-19(15-26)16-13-24-25(2)14-16/h5-8,13-14,19H,3-4,9-12,15H2,1-2H3,(H,22,23). The fraction of sp³-hybridized carbons (Fsp3) is 0.500. The fourth-order valence-corrected chi connectivity index (χ4v) is 3.05. The zero-order chi connectivity index (χ0) is 19.8. The number of guanidine groups is 1. The van der Waals surface area contributed by atoms with E-state index < -0.39 is 0 Å². The third-order valence-corrected chi connectivity index (χ3v) is 4.44. The third kappa shape index (κ3) is 5.69. The number of nitrogens with one attached hydrogen (secondary N) is 1. The molecule has 1 aliphatic rings. The lowest BCUT2D eigenvalue weighted by Gasteiger charge is -2.34. The molecule has 1 aromatic heterocycles. The van der Waals surface area contributed by atoms with E-state index in [9.17, 15) is 4.39 Å². The Labute approximate surface area is 165 Å². The first-order valence-corrected chi connectivity index (χ1v) is 9.67. The van der Waals surface area contributed by atoms with Crippen molar-refractivity contribution in [3.05, 3.63) is 48.0 Å². The van der Waals surface area contributed by atoms with Gasteiger partial charge in [0.1, 0.15) is 17.7 Å². The maximum atomic E-state index is 12.9. The van der Waals surface area contributed by atoms with Crippen molar-refractivity contribution in [2.24, 2.45) is 12.0 Å². The molecule has 28 heavy (non-hydrogen) atoms. The van der Waals surface area contributed by atoms with Crippen molar-refractivity contribution < 1.29 is 13.9 Å². The molecule has 3 rings (SSSR count). The van der Waals surface area contributed by atoms with Crippen LogP contribution in [0.4, 0.5) is 4.39 Å². The minimum atomic E-state index is -0.262. The molecule has 0 spiro atoms. The molecule has 8 heteroatoms. The Morgan fingerprint density at radius 3 is 2.93 bits per heavy atom. The quantitative estimate of drug-likeness (QED) is 0.447. The molecule has 0 amide bonds. The van der Waals surface area contributed by atoms with Crippen molar-refractivity contribution in [1.29, 1.82) is 0 Å². The van der Waals surface area contributed by atoms with E-state index in [1.807, 2.05) is 19.4 Å². The summed E-state index contributed by atoms with van der Waals surface area (Å²) in [5.41, 5.74) is 1.08. The highest BCUT2D eigenvalue weighted by molar-refractivity contribution is 5.80. The van der Waals surface area contributed by atoms with Crippen LogP contribution in [0, 0.1) is 5.82 Å². The molecule has 1 aromatic carbocycles. The molecule has 0 aliphatic carbocycles. The Morgan fingerprint density at radius 1 is 1.39 bits per heavy atom. The second kappa shape index (κ2) is 10.1. The number of benzene rings is 1. The van der Waals surface area contributed by atoms with Crippen molar-refractivity contribution in [3.8, 4) is 5.75 Å². The minimum absolute atomic E-state index is 0.00637. The van der Waals surface area contributed by atoms with Crippen LogP contribution in [-0.2, 0) is 11.8 Å². The SMILES string of the molecule is CCNC(=NCCCOc1ccc(F)cc1)N1CCOC(c2cnn(C)c2)C1. The van der Waals surface area contributed by atoms with Crippen LogP contribution in [0.15, 0.2) is 41.7 Å². The lowest BCUT2D eigenvalue weighted by atomic mass is 10.1. The number of aryl methyl sites for hydroxylation is 1. The molecule has 2 heterocycles. The van der Waals surface area contributed by atoms with Crippen LogP contribution in [0.25, 0.3) is 0 Å². The molecule has 0 bridgehead atoms. The number of halogens is 1. The van der Waals surface area contributed by atoms with Crippen LogP contribution in [0.5, 0.6) is 5.75 Å². The van der Waals surface area contributed by atoms with Crippen LogP contribution in [0.3, 0.4) is 0 Å². The topological polar surface area (TPSA) is 63.9 Å². The minimum Gasteiger partial charge on any atom is -0.494 e. The number of aromatic nitrogens is 2. The van der Waals surface area contributed by atoms with E-state index >= 15 is 0 Å². The van der Waals surface area contributed by atoms with Crippen LogP contribution in [0.2, 0.25) is 0 Å². The van der Waals surface area contributed by atoms with Crippen molar-refractivity contribution >= 4 is 5.96 Å². The van der Waals surface area contributed by atoms with Gasteiger partial charge in [-0.1, -0.05) is 0 Å². The van der Waals surface area contributed by atoms with E-state index in [-0.39, 0.29) is 11.9 Å². The summed E-state index contributed by atoms with van der Waals surface area (Å²) in [6.45, 7) is 6.25. The zero-order valence-electron chi connectivity index (χ0n) is 16.5. The van der Waals surface area contributed by atoms with Gasteiger partial charge in [-0.05, 0) is 31.2 Å². The molecule has 1 aliphatic heterocycles. The number of hydrogen-bond donors (Lipinski definition) is 1. The summed E-state index contributed by atoms with van der Waals surface area (Å²) >= 11 is 0. The molecular formula is C20H28FN5O2. The van der Waals surface area contributed by atoms with Gasteiger partial charge in [-0.2, -0.15) is 5.10 Å². The van der Waals surface area contributed by atoms with Gasteiger partial charge in [-0.25, -0.2) is 4.39 Å². The van der Waals surface area contributed by atoms with Crippen LogP contribution in [0.1, 0.15) is 25.0 Å². The summed E-state index contributed by atoms with van der Waals surface area (Å²) in [7, 11) is 1.91. The summed E-state index contributed by atoms with van der Waals surface area (Å²) in [5.74, 6) is 1.30. The van der Waals surface area contributed by atoms with Crippen molar-refractivity contribution in [2.45, 2.75) is 19.4 Å². The maximum absolute atomic E-state index is 12.9. The summed E-state index contributed by atoms with van der Waals surface area (Å²) < 4.78 is 26.2. The lowest BCUT2D eigenvalue weighted by molar-refractivity contribution is -0.00804. The van der Waals surface area contributed by atoms with Gasteiger partial charge in [0.2, 0.25) is 0 Å². The summed E-state index contributed by atoms with van der Waals surface area (Å²) in [4.78, 5) is 6.96. The van der Waals surface area contributed by atoms with E-state index in [2.05, 4.69) is 22.2 Å². The van der Waals surface area contributed by atoms with Gasteiger partial charge in [0.15, 0.2) is 5.96 Å². The van der Waals surface area contributed by atoms with Crippen LogP contribution in [-0.4, -0.2) is 60.0 Å². The first kappa shape index (κ1) is 20.1. The van der Waals surface area contributed by atoms with E-state index in [4.69, 9.17) is 14.5 Å². The fourth-order valence-electron chi connectivity index (χ4n) is 3.05. The number of hydrogen-bond acceptors (Lipinski definition) is 4. The van der Waals surface area contributed by atoms with Crippen LogP contribution >= 0.6 is 0 Å². The average Bonchev–Trinajstić information content (AvgIpc) is 3.15. The Kier molecular flexibility index (Phi) is 7.25. The first-order valence-electron chi connectivity index (χ1n) is 9.67. The number of ether oxygens (including phenoxy) is 2. The van der Waals surface area contributed by atoms with Gasteiger partial charge < -0.3 is 19.7 Å². The van der Waals surface area contributed by atoms with Crippen molar-refractivity contribution in [1.82, 2.24) is 20.0 Å². The van der Waals surface area contributed by atoms with E-state index in [1.54, 1.807) is 16.8 Å². The highest BCUT2D eigenvalue weighted by Crippen LogP contribution is 2.21. The normalized spacial score (nSPS) is 17.6. The Balaban J connectivity index is 1.50. The smallest absolute Gasteiger partial charge is 0.194 e. The molecule has 152 valence electrons. The molecular weight excluding hydrogens is 361 g/mol. The zero-order valence-corrected chi connectivity index (χ0v) is 16.5. The summed E-state index contributed by atoms with van der Waals surface area (Å²) in [6, 6.07) is 6.06. The van der Waals surface area contributed by atoms with Gasteiger partial charge >= 0.3 is 0 Å². The molecule has 0 radical (unpaired) electrons. The summed E-state index contributed by atoms with van der Waals surface area (Å²) in [6.07, 6.45) is 4.62. The maximum Gasteiger partial charge on any atom is 0.194 e. The lowest BCUT2D eigenvalue weighted by Crippen LogP contribution is -2.48. The van der Waals surface area contributed by atoms with Gasteiger partial charge in [0.05, 0.1) is 26.0 Å². The molecule has 7 nitrogen and oxygen atoms in total. The van der Waals surface area contributed by atoms with Gasteiger partial charge in [0, 0.05) is 44.9 Å². The van der Waals surface area contributed by atoms with Gasteiger partial charge in [-0.15, -0.1) is 0 Å². The second-order valence-electron chi connectivity index (χ2n) is 6.64. The highest BCUT2D eigenvalue weighted by atomic mass is 19.1. The molecule has 2 aromatic rings. The van der Waals surface area contributed by atoms with Crippen molar-refractivity contribution in [3.63, 3.8) is 0 Å². The van der Waals surface area contributed by atoms with E-state index in [0.717, 1.165) is 37.6 Å². The molecule has 0 saturated carbocycles. The predicted octanol–water partition coefficient (Wildman–Crippen LogP) is 2.37. The number of aliphatic imine (C=N–C) groups is 1. The van der Waals surface area contributed by atoms with Gasteiger partial charge in [-0.3, -0.25) is 9.67 Å². The van der Waals surface area contributed by atoms with E-state index in [1.165, 1.54) is 12.1 Å². The first-order chi connectivity index (χ1) is 13.7. The van der Waals surface area contributed by atoms with E-state index in [0.29, 0.717) is 25.5 Å². The third-order valence-electron chi connectivity index (χ3n) is 4.44. The Bertz CT molecular complexity index is 762.